The average molecular weight is 432 g/mol. The maximum absolute atomic E-state index is 12.8. The molecule has 1 unspecified atom stereocenters. The van der Waals surface area contributed by atoms with Crippen molar-refractivity contribution in [3.8, 4) is 0 Å². The summed E-state index contributed by atoms with van der Waals surface area (Å²) in [6.07, 6.45) is 3.62. The van der Waals surface area contributed by atoms with E-state index in [1.54, 1.807) is 24.3 Å². The number of benzene rings is 2. The van der Waals surface area contributed by atoms with Gasteiger partial charge in [0, 0.05) is 23.6 Å². The fourth-order valence-corrected chi connectivity index (χ4v) is 5.24. The predicted molar refractivity (Wildman–Crippen MR) is 114 cm³/mol. The van der Waals surface area contributed by atoms with Crippen LogP contribution in [0.25, 0.3) is 0 Å². The Balaban J connectivity index is 1.62. The molecule has 0 spiro atoms. The summed E-state index contributed by atoms with van der Waals surface area (Å²) in [7, 11) is -3.82. The molecular weight excluding hydrogens is 410 g/mol. The van der Waals surface area contributed by atoms with Crippen LogP contribution in [0.4, 0.5) is 5.69 Å². The van der Waals surface area contributed by atoms with E-state index in [9.17, 15) is 13.2 Å². The molecule has 2 aliphatic rings. The molecule has 2 aromatic carbocycles. The second kappa shape index (κ2) is 7.80. The van der Waals surface area contributed by atoms with Gasteiger partial charge in [0.1, 0.15) is 10.7 Å². The lowest BCUT2D eigenvalue weighted by Crippen LogP contribution is -2.35. The number of nitrogens with one attached hydrogen (secondary N) is 1. The Hall–Kier alpha value is -2.38. The van der Waals surface area contributed by atoms with Crippen molar-refractivity contribution in [2.45, 2.75) is 43.5 Å². The molecule has 2 aliphatic heterocycles. The number of carbonyl (C=O) groups is 1. The van der Waals surface area contributed by atoms with E-state index in [1.807, 2.05) is 24.0 Å². The van der Waals surface area contributed by atoms with Crippen molar-refractivity contribution in [3.63, 3.8) is 0 Å². The van der Waals surface area contributed by atoms with Gasteiger partial charge < -0.3 is 10.2 Å². The van der Waals surface area contributed by atoms with Crippen LogP contribution in [0.15, 0.2) is 51.8 Å². The zero-order valence-corrected chi connectivity index (χ0v) is 17.6. The van der Waals surface area contributed by atoms with Gasteiger partial charge in [0.2, 0.25) is 0 Å². The van der Waals surface area contributed by atoms with Gasteiger partial charge in [-0.15, -0.1) is 4.40 Å². The molecule has 0 aliphatic carbocycles. The smallest absolute Gasteiger partial charge is 0.286 e. The van der Waals surface area contributed by atoms with E-state index in [1.165, 1.54) is 6.07 Å². The lowest BCUT2D eigenvalue weighted by molar-refractivity contribution is 0.0939. The highest BCUT2D eigenvalue weighted by atomic mass is 35.5. The van der Waals surface area contributed by atoms with E-state index < -0.39 is 10.0 Å². The Morgan fingerprint density at radius 2 is 2.00 bits per heavy atom. The first-order chi connectivity index (χ1) is 13.8. The van der Waals surface area contributed by atoms with Gasteiger partial charge in [0.25, 0.3) is 15.9 Å². The molecule has 4 rings (SSSR count). The minimum absolute atomic E-state index is 0.0891. The summed E-state index contributed by atoms with van der Waals surface area (Å²) < 4.78 is 29.5. The maximum atomic E-state index is 12.8. The Morgan fingerprint density at radius 3 is 2.79 bits per heavy atom. The van der Waals surface area contributed by atoms with Gasteiger partial charge in [-0.05, 0) is 55.7 Å². The molecule has 6 nitrogen and oxygen atoms in total. The number of hydrogen-bond acceptors (Lipinski definition) is 4. The van der Waals surface area contributed by atoms with Crippen molar-refractivity contribution in [1.82, 2.24) is 5.32 Å². The van der Waals surface area contributed by atoms with Crippen LogP contribution in [0, 0.1) is 0 Å². The zero-order chi connectivity index (χ0) is 20.6. The third kappa shape index (κ3) is 4.02. The van der Waals surface area contributed by atoms with Crippen molar-refractivity contribution in [2.24, 2.45) is 4.40 Å². The summed E-state index contributed by atoms with van der Waals surface area (Å²) >= 11 is 6.02. The third-order valence-electron chi connectivity index (χ3n) is 5.31. The summed E-state index contributed by atoms with van der Waals surface area (Å²) in [6.45, 7) is 2.59. The molecule has 1 saturated heterocycles. The summed E-state index contributed by atoms with van der Waals surface area (Å²) in [4.78, 5) is 14.8. The lowest BCUT2D eigenvalue weighted by Gasteiger charge is -2.29. The summed E-state index contributed by atoms with van der Waals surface area (Å²) in [6, 6.07) is 11.8. The molecule has 8 heteroatoms. The second-order valence-electron chi connectivity index (χ2n) is 7.38. The first kappa shape index (κ1) is 19.9. The van der Waals surface area contributed by atoms with Crippen LogP contribution in [0.3, 0.4) is 0 Å². The number of fused-ring (bicyclic) bond motifs is 3. The summed E-state index contributed by atoms with van der Waals surface area (Å²) in [5.74, 6) is 0.253. The van der Waals surface area contributed by atoms with Gasteiger partial charge in [-0.3, -0.25) is 4.79 Å². The highest BCUT2D eigenvalue weighted by Gasteiger charge is 2.32. The van der Waals surface area contributed by atoms with Gasteiger partial charge in [-0.25, -0.2) is 0 Å². The first-order valence-corrected chi connectivity index (χ1v) is 11.5. The average Bonchev–Trinajstić information content (AvgIpc) is 2.92. The number of amides is 1. The van der Waals surface area contributed by atoms with E-state index in [0.29, 0.717) is 23.0 Å². The minimum atomic E-state index is -3.82. The summed E-state index contributed by atoms with van der Waals surface area (Å²) in [5, 5.41) is 3.49. The Bertz CT molecular complexity index is 1100. The molecule has 1 fully saturated rings. The maximum Gasteiger partial charge on any atom is 0.286 e. The largest absolute Gasteiger partial charge is 0.346 e. The number of rotatable bonds is 3. The Labute approximate surface area is 175 Å². The fourth-order valence-electron chi connectivity index (χ4n) is 3.76. The lowest BCUT2D eigenvalue weighted by atomic mass is 10.1. The normalized spacial score (nSPS) is 18.7. The van der Waals surface area contributed by atoms with Gasteiger partial charge in [-0.2, -0.15) is 8.42 Å². The number of amidine groups is 1. The van der Waals surface area contributed by atoms with Crippen LogP contribution in [-0.2, 0) is 10.0 Å². The first-order valence-electron chi connectivity index (χ1n) is 9.67. The van der Waals surface area contributed by atoms with Crippen molar-refractivity contribution in [2.75, 3.05) is 11.4 Å². The van der Waals surface area contributed by atoms with Crippen molar-refractivity contribution in [1.29, 1.82) is 0 Å². The third-order valence-corrected chi connectivity index (χ3v) is 6.88. The zero-order valence-electron chi connectivity index (χ0n) is 16.1. The van der Waals surface area contributed by atoms with Crippen LogP contribution in [0.5, 0.6) is 0 Å². The second-order valence-corrected chi connectivity index (χ2v) is 9.39. The van der Waals surface area contributed by atoms with E-state index in [0.717, 1.165) is 31.4 Å². The molecule has 1 N–H and O–H groups in total. The van der Waals surface area contributed by atoms with Crippen LogP contribution in [0.1, 0.15) is 54.6 Å². The van der Waals surface area contributed by atoms with Gasteiger partial charge in [0.05, 0.1) is 11.7 Å². The Kier molecular flexibility index (Phi) is 5.36. The molecule has 0 saturated carbocycles. The van der Waals surface area contributed by atoms with Gasteiger partial charge in [-0.1, -0.05) is 30.2 Å². The molecule has 0 radical (unpaired) electrons. The molecule has 29 heavy (non-hydrogen) atoms. The SMILES string of the molecule is CC(NC(=O)c1ccc2c(c1)S(=O)(=O)N=C1CCCCCN12)c1cccc(Cl)c1. The van der Waals surface area contributed by atoms with Gasteiger partial charge in [0.15, 0.2) is 0 Å². The van der Waals surface area contributed by atoms with Crippen molar-refractivity contribution in [3.05, 3.63) is 58.6 Å². The summed E-state index contributed by atoms with van der Waals surface area (Å²) in [5.41, 5.74) is 1.77. The van der Waals surface area contributed by atoms with Crippen molar-refractivity contribution >= 4 is 39.1 Å². The molecule has 0 bridgehead atoms. The van der Waals surface area contributed by atoms with E-state index >= 15 is 0 Å². The fraction of sp³-hybridized carbons (Fsp3) is 0.333. The highest BCUT2D eigenvalue weighted by Crippen LogP contribution is 2.35. The number of carbonyl (C=O) groups excluding carboxylic acids is 1. The van der Waals surface area contributed by atoms with E-state index in [4.69, 9.17) is 11.6 Å². The number of sulfonamides is 1. The molecule has 2 aromatic rings. The monoisotopic (exact) mass is 431 g/mol. The molecule has 1 amide bonds. The number of anilines is 1. The van der Waals surface area contributed by atoms with Crippen LogP contribution >= 0.6 is 11.6 Å². The van der Waals surface area contributed by atoms with E-state index in [-0.39, 0.29) is 22.4 Å². The van der Waals surface area contributed by atoms with Crippen molar-refractivity contribution < 1.29 is 13.2 Å². The quantitative estimate of drug-likeness (QED) is 0.785. The molecule has 0 aromatic heterocycles. The number of halogens is 1. The van der Waals surface area contributed by atoms with Crippen LogP contribution < -0.4 is 10.2 Å². The minimum Gasteiger partial charge on any atom is -0.346 e. The standard InChI is InChI=1S/C21H22ClN3O3S/c1-14(15-6-5-7-17(22)12-15)23-21(26)16-9-10-18-19(13-16)29(27,28)24-20-8-3-2-4-11-25(18)20/h5-7,9-10,12-14H,2-4,8,11H2,1H3,(H,23,26). The highest BCUT2D eigenvalue weighted by molar-refractivity contribution is 7.90. The van der Waals surface area contributed by atoms with Gasteiger partial charge >= 0.3 is 0 Å². The molecular formula is C21H22ClN3O3S. The number of hydrogen-bond donors (Lipinski definition) is 1. The van der Waals surface area contributed by atoms with Crippen LogP contribution in [-0.4, -0.2) is 26.7 Å². The number of nitrogens with zero attached hydrogens (tertiary/aromatic N) is 2. The Morgan fingerprint density at radius 1 is 1.17 bits per heavy atom. The molecule has 152 valence electrons. The molecule has 1 atom stereocenters. The topological polar surface area (TPSA) is 78.8 Å². The predicted octanol–water partition coefficient (Wildman–Crippen LogP) is 4.31. The molecule has 2 heterocycles. The van der Waals surface area contributed by atoms with E-state index in [2.05, 4.69) is 9.71 Å². The van der Waals surface area contributed by atoms with Crippen LogP contribution in [0.2, 0.25) is 5.02 Å².